The summed E-state index contributed by atoms with van der Waals surface area (Å²) in [6, 6.07) is 3.73. The van der Waals surface area contributed by atoms with E-state index in [1.165, 1.54) is 11.3 Å². The maximum absolute atomic E-state index is 11.9. The van der Waals surface area contributed by atoms with E-state index in [9.17, 15) is 9.59 Å². The Kier molecular flexibility index (Phi) is 2.76. The van der Waals surface area contributed by atoms with Crippen molar-refractivity contribution in [1.82, 2.24) is 10.2 Å². The molecule has 0 bridgehead atoms. The zero-order valence-corrected chi connectivity index (χ0v) is 10.4. The summed E-state index contributed by atoms with van der Waals surface area (Å²) in [4.78, 5) is 26.5. The molecule has 0 aromatic carbocycles. The molecular weight excluding hydrogens is 248 g/mol. The highest BCUT2D eigenvalue weighted by atomic mass is 32.1. The van der Waals surface area contributed by atoms with E-state index in [2.05, 4.69) is 10.2 Å². The molecule has 5 heteroatoms. The number of amides is 1. The molecular formula is C13H12N2O2S. The molecule has 1 aromatic heterocycles. The predicted octanol–water partition coefficient (Wildman–Crippen LogP) is 1.53. The minimum atomic E-state index is -0.213. The highest BCUT2D eigenvalue weighted by Gasteiger charge is 2.28. The maximum atomic E-state index is 11.9. The first-order chi connectivity index (χ1) is 8.74. The van der Waals surface area contributed by atoms with E-state index >= 15 is 0 Å². The summed E-state index contributed by atoms with van der Waals surface area (Å²) in [5.74, 6) is -0.220. The molecule has 0 aliphatic carbocycles. The van der Waals surface area contributed by atoms with Gasteiger partial charge in [0.1, 0.15) is 5.70 Å². The van der Waals surface area contributed by atoms with Gasteiger partial charge in [-0.25, -0.2) is 0 Å². The number of ketones is 1. The van der Waals surface area contributed by atoms with Crippen LogP contribution in [-0.2, 0) is 4.79 Å². The Bertz CT molecular complexity index is 545. The topological polar surface area (TPSA) is 49.4 Å². The van der Waals surface area contributed by atoms with E-state index in [-0.39, 0.29) is 17.7 Å². The van der Waals surface area contributed by atoms with Gasteiger partial charge in [0.15, 0.2) is 5.78 Å². The average molecular weight is 260 g/mol. The molecule has 0 spiro atoms. The SMILES string of the molecule is O=C1CC2C=CCN2C=C1NC(=O)c1cccs1. The molecule has 0 saturated heterocycles. The number of nitrogens with one attached hydrogen (secondary N) is 1. The first-order valence-corrected chi connectivity index (χ1v) is 6.64. The fourth-order valence-corrected chi connectivity index (χ4v) is 2.77. The number of fused-ring (bicyclic) bond motifs is 1. The van der Waals surface area contributed by atoms with Gasteiger partial charge in [-0.2, -0.15) is 0 Å². The van der Waals surface area contributed by atoms with Crippen LogP contribution in [0.4, 0.5) is 0 Å². The maximum Gasteiger partial charge on any atom is 0.265 e. The Labute approximate surface area is 109 Å². The van der Waals surface area contributed by atoms with Crippen molar-refractivity contribution in [3.63, 3.8) is 0 Å². The van der Waals surface area contributed by atoms with Gasteiger partial charge in [0.2, 0.25) is 0 Å². The van der Waals surface area contributed by atoms with Crippen molar-refractivity contribution >= 4 is 23.0 Å². The molecule has 0 saturated carbocycles. The molecule has 0 fully saturated rings. The van der Waals surface area contributed by atoms with E-state index in [1.807, 2.05) is 23.6 Å². The average Bonchev–Trinajstić information content (AvgIpc) is 2.98. The Hall–Kier alpha value is -1.88. The third-order valence-electron chi connectivity index (χ3n) is 3.08. The van der Waals surface area contributed by atoms with Gasteiger partial charge >= 0.3 is 0 Å². The molecule has 1 atom stereocenters. The third-order valence-corrected chi connectivity index (χ3v) is 3.95. The summed E-state index contributed by atoms with van der Waals surface area (Å²) >= 11 is 1.36. The largest absolute Gasteiger partial charge is 0.365 e. The zero-order valence-electron chi connectivity index (χ0n) is 9.63. The normalized spacial score (nSPS) is 21.8. The summed E-state index contributed by atoms with van der Waals surface area (Å²) in [7, 11) is 0. The van der Waals surface area contributed by atoms with Crippen LogP contribution >= 0.6 is 11.3 Å². The molecule has 3 rings (SSSR count). The molecule has 18 heavy (non-hydrogen) atoms. The van der Waals surface area contributed by atoms with Gasteiger partial charge in [0.05, 0.1) is 10.9 Å². The van der Waals surface area contributed by atoms with Gasteiger partial charge in [0.25, 0.3) is 5.91 Å². The van der Waals surface area contributed by atoms with Crippen molar-refractivity contribution in [3.05, 3.63) is 46.4 Å². The summed E-state index contributed by atoms with van der Waals surface area (Å²) in [6.07, 6.45) is 6.26. The summed E-state index contributed by atoms with van der Waals surface area (Å²) in [6.45, 7) is 0.802. The number of carbonyl (C=O) groups excluding carboxylic acids is 2. The lowest BCUT2D eigenvalue weighted by Crippen LogP contribution is -2.38. The molecule has 1 N–H and O–H groups in total. The number of hydrogen-bond donors (Lipinski definition) is 1. The molecule has 0 radical (unpaired) electrons. The second-order valence-corrected chi connectivity index (χ2v) is 5.24. The van der Waals surface area contributed by atoms with Crippen LogP contribution in [0.2, 0.25) is 0 Å². The van der Waals surface area contributed by atoms with Crippen molar-refractivity contribution < 1.29 is 9.59 Å². The minimum absolute atomic E-state index is 0.00675. The molecule has 3 heterocycles. The van der Waals surface area contributed by atoms with Crippen LogP contribution in [0.5, 0.6) is 0 Å². The number of carbonyl (C=O) groups is 2. The fourth-order valence-electron chi connectivity index (χ4n) is 2.15. The van der Waals surface area contributed by atoms with E-state index < -0.39 is 0 Å². The van der Waals surface area contributed by atoms with E-state index in [1.54, 1.807) is 12.3 Å². The minimum Gasteiger partial charge on any atom is -0.365 e. The number of Topliss-reactive ketones (excluding diaryl/α,β-unsaturated/α-hetero) is 1. The number of rotatable bonds is 2. The van der Waals surface area contributed by atoms with Crippen LogP contribution in [0, 0.1) is 0 Å². The standard InChI is InChI=1S/C13H12N2O2S/c16-11-7-9-3-1-5-15(9)8-10(11)14-13(17)12-4-2-6-18-12/h1-4,6,8-9H,5,7H2,(H,14,17). The highest BCUT2D eigenvalue weighted by molar-refractivity contribution is 7.12. The van der Waals surface area contributed by atoms with Gasteiger partial charge in [-0.05, 0) is 11.4 Å². The van der Waals surface area contributed by atoms with Gasteiger partial charge in [-0.15, -0.1) is 11.3 Å². The number of thiophene rings is 1. The molecule has 4 nitrogen and oxygen atoms in total. The second kappa shape index (κ2) is 4.42. The lowest BCUT2D eigenvalue weighted by atomic mass is 10.0. The lowest BCUT2D eigenvalue weighted by Gasteiger charge is -2.28. The molecule has 1 aromatic rings. The van der Waals surface area contributed by atoms with Gasteiger partial charge in [0, 0.05) is 19.2 Å². The van der Waals surface area contributed by atoms with Crippen molar-refractivity contribution in [2.24, 2.45) is 0 Å². The molecule has 2 aliphatic rings. The van der Waals surface area contributed by atoms with Crippen molar-refractivity contribution in [2.45, 2.75) is 12.5 Å². The lowest BCUT2D eigenvalue weighted by molar-refractivity contribution is -0.117. The first kappa shape index (κ1) is 11.2. The number of hydrogen-bond acceptors (Lipinski definition) is 4. The van der Waals surface area contributed by atoms with E-state index in [4.69, 9.17) is 0 Å². The Morgan fingerprint density at radius 3 is 3.17 bits per heavy atom. The van der Waals surface area contributed by atoms with Crippen molar-refractivity contribution in [3.8, 4) is 0 Å². The predicted molar refractivity (Wildman–Crippen MR) is 69.1 cm³/mol. The van der Waals surface area contributed by atoms with Crippen LogP contribution in [-0.4, -0.2) is 29.2 Å². The van der Waals surface area contributed by atoms with Crippen LogP contribution in [0.15, 0.2) is 41.6 Å². The van der Waals surface area contributed by atoms with Crippen molar-refractivity contribution in [2.75, 3.05) is 6.54 Å². The number of allylic oxidation sites excluding steroid dienone is 1. The van der Waals surface area contributed by atoms with Crippen LogP contribution in [0.3, 0.4) is 0 Å². The summed E-state index contributed by atoms with van der Waals surface area (Å²) < 4.78 is 0. The van der Waals surface area contributed by atoms with Gasteiger partial charge < -0.3 is 10.2 Å². The highest BCUT2D eigenvalue weighted by Crippen LogP contribution is 2.21. The monoisotopic (exact) mass is 260 g/mol. The smallest absolute Gasteiger partial charge is 0.265 e. The Morgan fingerprint density at radius 2 is 2.39 bits per heavy atom. The van der Waals surface area contributed by atoms with E-state index in [0.29, 0.717) is 17.0 Å². The Morgan fingerprint density at radius 1 is 1.50 bits per heavy atom. The second-order valence-electron chi connectivity index (χ2n) is 4.29. The quantitative estimate of drug-likeness (QED) is 0.820. The Balaban J connectivity index is 1.76. The van der Waals surface area contributed by atoms with Crippen LogP contribution in [0.25, 0.3) is 0 Å². The zero-order chi connectivity index (χ0) is 12.5. The summed E-state index contributed by atoms with van der Waals surface area (Å²) in [5, 5.41) is 4.54. The molecule has 1 amide bonds. The van der Waals surface area contributed by atoms with Gasteiger partial charge in [-0.3, -0.25) is 9.59 Å². The molecule has 2 aliphatic heterocycles. The van der Waals surface area contributed by atoms with E-state index in [0.717, 1.165) is 6.54 Å². The first-order valence-electron chi connectivity index (χ1n) is 5.76. The van der Waals surface area contributed by atoms with Crippen LogP contribution in [0.1, 0.15) is 16.1 Å². The third kappa shape index (κ3) is 1.97. The van der Waals surface area contributed by atoms with Gasteiger partial charge in [-0.1, -0.05) is 18.2 Å². The molecule has 92 valence electrons. The number of nitrogens with zero attached hydrogens (tertiary/aromatic N) is 1. The fraction of sp³-hybridized carbons (Fsp3) is 0.231. The summed E-state index contributed by atoms with van der Waals surface area (Å²) in [5.41, 5.74) is 0.397. The molecule has 1 unspecified atom stereocenters. The van der Waals surface area contributed by atoms with Crippen LogP contribution < -0.4 is 5.32 Å². The van der Waals surface area contributed by atoms with Crippen molar-refractivity contribution in [1.29, 1.82) is 0 Å².